The Balaban J connectivity index is 2.58. The van der Waals surface area contributed by atoms with Crippen LogP contribution in [0.15, 0.2) is 18.2 Å². The highest BCUT2D eigenvalue weighted by molar-refractivity contribution is 5.36. The molecular formula is C14H23NO. The lowest BCUT2D eigenvalue weighted by molar-refractivity contribution is 0.250. The number of benzene rings is 1. The molecule has 2 nitrogen and oxygen atoms in total. The smallest absolute Gasteiger partial charge is 0.122 e. The summed E-state index contributed by atoms with van der Waals surface area (Å²) in [5.74, 6) is 1.59. The van der Waals surface area contributed by atoms with E-state index in [-0.39, 0.29) is 0 Å². The van der Waals surface area contributed by atoms with Gasteiger partial charge in [0, 0.05) is 6.54 Å². The van der Waals surface area contributed by atoms with Crippen molar-refractivity contribution in [3.8, 4) is 5.75 Å². The second-order valence-electron chi connectivity index (χ2n) is 4.51. The Kier molecular flexibility index (Phi) is 5.33. The van der Waals surface area contributed by atoms with Crippen LogP contribution >= 0.6 is 0 Å². The molecule has 0 radical (unpaired) electrons. The van der Waals surface area contributed by atoms with Crippen molar-refractivity contribution in [3.63, 3.8) is 0 Å². The van der Waals surface area contributed by atoms with E-state index >= 15 is 0 Å². The van der Waals surface area contributed by atoms with Gasteiger partial charge in [-0.25, -0.2) is 0 Å². The van der Waals surface area contributed by atoms with E-state index in [4.69, 9.17) is 10.5 Å². The van der Waals surface area contributed by atoms with Gasteiger partial charge in [-0.3, -0.25) is 0 Å². The molecule has 16 heavy (non-hydrogen) atoms. The van der Waals surface area contributed by atoms with Gasteiger partial charge in [-0.1, -0.05) is 32.4 Å². The molecule has 2 N–H and O–H groups in total. The topological polar surface area (TPSA) is 35.2 Å². The van der Waals surface area contributed by atoms with E-state index in [1.54, 1.807) is 0 Å². The van der Waals surface area contributed by atoms with Gasteiger partial charge in [0.1, 0.15) is 5.75 Å². The molecule has 0 saturated heterocycles. The summed E-state index contributed by atoms with van der Waals surface area (Å²) in [6.07, 6.45) is 2.43. The Hall–Kier alpha value is -1.02. The molecule has 0 amide bonds. The van der Waals surface area contributed by atoms with Gasteiger partial charge in [0.05, 0.1) is 6.61 Å². The van der Waals surface area contributed by atoms with Gasteiger partial charge in [-0.05, 0) is 36.5 Å². The first-order valence-electron chi connectivity index (χ1n) is 6.09. The molecule has 0 saturated carbocycles. The van der Waals surface area contributed by atoms with Crippen molar-refractivity contribution in [2.24, 2.45) is 11.7 Å². The van der Waals surface area contributed by atoms with E-state index in [2.05, 4.69) is 32.9 Å². The Labute approximate surface area is 98.8 Å². The standard InChI is InChI=1S/C14H23NO/c1-4-5-11(2)10-16-14-8-13(9-15)7-6-12(14)3/h6-8,11H,4-5,9-10,15H2,1-3H3. The quantitative estimate of drug-likeness (QED) is 0.800. The zero-order valence-electron chi connectivity index (χ0n) is 10.6. The van der Waals surface area contributed by atoms with Crippen LogP contribution in [0.5, 0.6) is 5.75 Å². The third kappa shape index (κ3) is 3.86. The maximum Gasteiger partial charge on any atom is 0.122 e. The SMILES string of the molecule is CCCC(C)COc1cc(CN)ccc1C. The van der Waals surface area contributed by atoms with E-state index in [0.717, 1.165) is 17.9 Å². The highest BCUT2D eigenvalue weighted by atomic mass is 16.5. The summed E-state index contributed by atoms with van der Waals surface area (Å²) in [7, 11) is 0. The molecule has 0 heterocycles. The lowest BCUT2D eigenvalue weighted by Crippen LogP contribution is -2.09. The molecule has 1 aromatic carbocycles. The third-order valence-electron chi connectivity index (χ3n) is 2.79. The Morgan fingerprint density at radius 3 is 2.75 bits per heavy atom. The molecule has 0 fully saturated rings. The molecule has 0 aliphatic carbocycles. The summed E-state index contributed by atoms with van der Waals surface area (Å²) >= 11 is 0. The molecule has 0 aromatic heterocycles. The predicted octanol–water partition coefficient (Wildman–Crippen LogP) is 3.27. The van der Waals surface area contributed by atoms with Crippen molar-refractivity contribution in [3.05, 3.63) is 29.3 Å². The molecule has 0 bridgehead atoms. The molecule has 0 aliphatic heterocycles. The van der Waals surface area contributed by atoms with Crippen LogP contribution < -0.4 is 10.5 Å². The Morgan fingerprint density at radius 2 is 2.12 bits per heavy atom. The first-order valence-corrected chi connectivity index (χ1v) is 6.09. The minimum atomic E-state index is 0.571. The van der Waals surface area contributed by atoms with Crippen molar-refractivity contribution in [1.82, 2.24) is 0 Å². The van der Waals surface area contributed by atoms with Crippen LogP contribution in [0.2, 0.25) is 0 Å². The molecule has 0 aliphatic rings. The van der Waals surface area contributed by atoms with E-state index in [1.165, 1.54) is 18.4 Å². The monoisotopic (exact) mass is 221 g/mol. The van der Waals surface area contributed by atoms with Gasteiger partial charge in [0.15, 0.2) is 0 Å². The van der Waals surface area contributed by atoms with E-state index in [0.29, 0.717) is 12.5 Å². The Morgan fingerprint density at radius 1 is 1.38 bits per heavy atom. The predicted molar refractivity (Wildman–Crippen MR) is 68.6 cm³/mol. The fourth-order valence-corrected chi connectivity index (χ4v) is 1.74. The maximum atomic E-state index is 5.84. The second kappa shape index (κ2) is 6.54. The zero-order chi connectivity index (χ0) is 12.0. The van der Waals surface area contributed by atoms with Gasteiger partial charge in [0.2, 0.25) is 0 Å². The molecule has 1 aromatic rings. The molecule has 1 unspecified atom stereocenters. The van der Waals surface area contributed by atoms with E-state index in [1.807, 2.05) is 6.07 Å². The van der Waals surface area contributed by atoms with Gasteiger partial charge in [0.25, 0.3) is 0 Å². The Bertz CT molecular complexity index is 323. The largest absolute Gasteiger partial charge is 0.493 e. The van der Waals surface area contributed by atoms with E-state index < -0.39 is 0 Å². The lowest BCUT2D eigenvalue weighted by atomic mass is 10.1. The summed E-state index contributed by atoms with van der Waals surface area (Å²) in [4.78, 5) is 0. The van der Waals surface area contributed by atoms with Crippen LogP contribution in [-0.4, -0.2) is 6.61 Å². The lowest BCUT2D eigenvalue weighted by Gasteiger charge is -2.14. The first-order chi connectivity index (χ1) is 7.67. The number of ether oxygens (including phenoxy) is 1. The average Bonchev–Trinajstić information content (AvgIpc) is 2.28. The zero-order valence-corrected chi connectivity index (χ0v) is 10.6. The maximum absolute atomic E-state index is 5.84. The van der Waals surface area contributed by atoms with Gasteiger partial charge >= 0.3 is 0 Å². The molecule has 90 valence electrons. The molecule has 0 spiro atoms. The van der Waals surface area contributed by atoms with Crippen LogP contribution in [0.4, 0.5) is 0 Å². The summed E-state index contributed by atoms with van der Waals surface area (Å²) in [5, 5.41) is 0. The summed E-state index contributed by atoms with van der Waals surface area (Å²) in [6, 6.07) is 6.17. The summed E-state index contributed by atoms with van der Waals surface area (Å²) in [5.41, 5.74) is 7.93. The highest BCUT2D eigenvalue weighted by Gasteiger charge is 2.04. The van der Waals surface area contributed by atoms with Crippen LogP contribution in [0.3, 0.4) is 0 Å². The van der Waals surface area contributed by atoms with Gasteiger partial charge in [-0.15, -0.1) is 0 Å². The minimum absolute atomic E-state index is 0.571. The highest BCUT2D eigenvalue weighted by Crippen LogP contribution is 2.20. The van der Waals surface area contributed by atoms with Gasteiger partial charge < -0.3 is 10.5 Å². The normalized spacial score (nSPS) is 12.5. The molecule has 2 heteroatoms. The number of hydrogen-bond acceptors (Lipinski definition) is 2. The van der Waals surface area contributed by atoms with Crippen LogP contribution in [0.1, 0.15) is 37.8 Å². The fraction of sp³-hybridized carbons (Fsp3) is 0.571. The minimum Gasteiger partial charge on any atom is -0.493 e. The third-order valence-corrected chi connectivity index (χ3v) is 2.79. The number of hydrogen-bond donors (Lipinski definition) is 1. The van der Waals surface area contributed by atoms with E-state index in [9.17, 15) is 0 Å². The van der Waals surface area contributed by atoms with Crippen molar-refractivity contribution < 1.29 is 4.74 Å². The first kappa shape index (κ1) is 13.0. The molecular weight excluding hydrogens is 198 g/mol. The molecule has 1 atom stereocenters. The summed E-state index contributed by atoms with van der Waals surface area (Å²) in [6.45, 7) is 7.87. The number of rotatable bonds is 6. The van der Waals surface area contributed by atoms with Gasteiger partial charge in [-0.2, -0.15) is 0 Å². The van der Waals surface area contributed by atoms with Crippen LogP contribution in [-0.2, 0) is 6.54 Å². The number of nitrogens with two attached hydrogens (primary N) is 1. The van der Waals surface area contributed by atoms with Crippen molar-refractivity contribution >= 4 is 0 Å². The van der Waals surface area contributed by atoms with Crippen molar-refractivity contribution in [2.75, 3.05) is 6.61 Å². The fourth-order valence-electron chi connectivity index (χ4n) is 1.74. The average molecular weight is 221 g/mol. The van der Waals surface area contributed by atoms with Crippen LogP contribution in [0.25, 0.3) is 0 Å². The van der Waals surface area contributed by atoms with Crippen LogP contribution in [0, 0.1) is 12.8 Å². The summed E-state index contributed by atoms with van der Waals surface area (Å²) < 4.78 is 5.84. The van der Waals surface area contributed by atoms with Crippen molar-refractivity contribution in [1.29, 1.82) is 0 Å². The molecule has 1 rings (SSSR count). The number of aryl methyl sites for hydroxylation is 1. The van der Waals surface area contributed by atoms with Crippen molar-refractivity contribution in [2.45, 2.75) is 40.2 Å². The second-order valence-corrected chi connectivity index (χ2v) is 4.51.